The Bertz CT molecular complexity index is 316. The van der Waals surface area contributed by atoms with E-state index in [-0.39, 0.29) is 18.2 Å². The smallest absolute Gasteiger partial charge is 0.123 e. The van der Waals surface area contributed by atoms with Gasteiger partial charge in [0.25, 0.3) is 0 Å². The van der Waals surface area contributed by atoms with Crippen LogP contribution in [0.5, 0.6) is 0 Å². The number of nitrogens with two attached hydrogens (primary N) is 1. The van der Waals surface area contributed by atoms with Gasteiger partial charge in [0.05, 0.1) is 12.1 Å². The summed E-state index contributed by atoms with van der Waals surface area (Å²) in [6, 6.07) is 5.55. The van der Waals surface area contributed by atoms with Gasteiger partial charge in [-0.2, -0.15) is 0 Å². The number of benzene rings is 1. The molecular formula is C13H21ClFNO. The second-order valence-electron chi connectivity index (χ2n) is 4.62. The van der Waals surface area contributed by atoms with E-state index in [0.29, 0.717) is 12.3 Å². The van der Waals surface area contributed by atoms with E-state index >= 15 is 0 Å². The second-order valence-corrected chi connectivity index (χ2v) is 4.62. The summed E-state index contributed by atoms with van der Waals surface area (Å²) in [5.74, 6) is 0.266. The van der Waals surface area contributed by atoms with Gasteiger partial charge in [-0.25, -0.2) is 4.39 Å². The Morgan fingerprint density at radius 1 is 1.18 bits per heavy atom. The summed E-state index contributed by atoms with van der Waals surface area (Å²) in [5, 5.41) is 9.87. The Hall–Kier alpha value is -0.640. The molecule has 0 unspecified atom stereocenters. The van der Waals surface area contributed by atoms with E-state index in [0.717, 1.165) is 12.0 Å². The van der Waals surface area contributed by atoms with Crippen molar-refractivity contribution in [3.8, 4) is 0 Å². The number of aliphatic hydroxyl groups excluding tert-OH is 1. The Balaban J connectivity index is 0.00000256. The molecule has 0 saturated carbocycles. The molecule has 1 rings (SSSR count). The molecule has 0 saturated heterocycles. The lowest BCUT2D eigenvalue weighted by molar-refractivity contribution is 0.128. The summed E-state index contributed by atoms with van der Waals surface area (Å²) in [7, 11) is 0. The lowest BCUT2D eigenvalue weighted by atomic mass is 9.96. The predicted octanol–water partition coefficient (Wildman–Crippen LogP) is 3.04. The zero-order valence-electron chi connectivity index (χ0n) is 10.3. The van der Waals surface area contributed by atoms with Crippen molar-refractivity contribution in [3.05, 3.63) is 35.6 Å². The third-order valence-electron chi connectivity index (χ3n) is 2.71. The Morgan fingerprint density at radius 3 is 2.18 bits per heavy atom. The van der Waals surface area contributed by atoms with Gasteiger partial charge in [0.1, 0.15) is 5.82 Å². The first-order chi connectivity index (χ1) is 7.50. The van der Waals surface area contributed by atoms with Crippen LogP contribution in [0, 0.1) is 11.7 Å². The maximum absolute atomic E-state index is 12.7. The summed E-state index contributed by atoms with van der Waals surface area (Å²) in [6.07, 6.45) is 1.06. The highest BCUT2D eigenvalue weighted by Gasteiger charge is 2.16. The van der Waals surface area contributed by atoms with Crippen LogP contribution in [0.3, 0.4) is 0 Å². The minimum Gasteiger partial charge on any atom is -0.391 e. The maximum atomic E-state index is 12.7. The monoisotopic (exact) mass is 261 g/mol. The maximum Gasteiger partial charge on any atom is 0.123 e. The molecule has 0 aromatic heterocycles. The van der Waals surface area contributed by atoms with E-state index in [4.69, 9.17) is 5.73 Å². The van der Waals surface area contributed by atoms with E-state index in [1.165, 1.54) is 12.1 Å². The quantitative estimate of drug-likeness (QED) is 0.856. The van der Waals surface area contributed by atoms with Crippen LogP contribution in [0.25, 0.3) is 0 Å². The van der Waals surface area contributed by atoms with Crippen molar-refractivity contribution in [3.63, 3.8) is 0 Å². The van der Waals surface area contributed by atoms with Crippen molar-refractivity contribution < 1.29 is 9.50 Å². The molecule has 3 N–H and O–H groups in total. The van der Waals surface area contributed by atoms with Crippen LogP contribution in [0.1, 0.15) is 38.3 Å². The Morgan fingerprint density at radius 2 is 1.71 bits per heavy atom. The molecule has 0 radical (unpaired) electrons. The molecule has 0 bridgehead atoms. The van der Waals surface area contributed by atoms with Gasteiger partial charge >= 0.3 is 0 Å². The number of halogens is 2. The molecule has 0 fully saturated rings. The van der Waals surface area contributed by atoms with E-state index in [9.17, 15) is 9.50 Å². The first-order valence-corrected chi connectivity index (χ1v) is 5.70. The zero-order valence-corrected chi connectivity index (χ0v) is 11.1. The summed E-state index contributed by atoms with van der Waals surface area (Å²) in [4.78, 5) is 0. The molecule has 4 heteroatoms. The molecule has 1 aromatic carbocycles. The Labute approximate surface area is 108 Å². The number of rotatable bonds is 5. The topological polar surface area (TPSA) is 46.2 Å². The molecule has 2 nitrogen and oxygen atoms in total. The summed E-state index contributed by atoms with van der Waals surface area (Å²) in [6.45, 7) is 4.21. The predicted molar refractivity (Wildman–Crippen MR) is 70.7 cm³/mol. The highest BCUT2D eigenvalue weighted by Crippen LogP contribution is 2.19. The molecule has 0 aliphatic heterocycles. The van der Waals surface area contributed by atoms with Crippen LogP contribution >= 0.6 is 12.4 Å². The average Bonchev–Trinajstić information content (AvgIpc) is 2.26. The first kappa shape index (κ1) is 16.4. The largest absolute Gasteiger partial charge is 0.391 e. The summed E-state index contributed by atoms with van der Waals surface area (Å²) in [5.41, 5.74) is 6.68. The molecule has 0 spiro atoms. The molecule has 0 aliphatic carbocycles. The summed E-state index contributed by atoms with van der Waals surface area (Å²) >= 11 is 0. The van der Waals surface area contributed by atoms with Crippen LogP contribution in [-0.2, 0) is 0 Å². The molecule has 0 heterocycles. The van der Waals surface area contributed by atoms with Gasteiger partial charge in [-0.3, -0.25) is 0 Å². The highest BCUT2D eigenvalue weighted by atomic mass is 35.5. The van der Waals surface area contributed by atoms with Gasteiger partial charge in [0.2, 0.25) is 0 Å². The number of aliphatic hydroxyl groups is 1. The van der Waals surface area contributed by atoms with Crippen molar-refractivity contribution in [1.82, 2.24) is 0 Å². The van der Waals surface area contributed by atoms with Gasteiger partial charge in [-0.15, -0.1) is 12.4 Å². The minimum absolute atomic E-state index is 0. The van der Waals surface area contributed by atoms with Gasteiger partial charge in [0, 0.05) is 0 Å². The Kier molecular flexibility index (Phi) is 7.35. The number of hydrogen-bond donors (Lipinski definition) is 2. The fourth-order valence-electron chi connectivity index (χ4n) is 1.59. The third kappa shape index (κ3) is 5.48. The van der Waals surface area contributed by atoms with Gasteiger partial charge in [0.15, 0.2) is 0 Å². The van der Waals surface area contributed by atoms with Crippen LogP contribution in [0.4, 0.5) is 4.39 Å². The van der Waals surface area contributed by atoms with Gasteiger partial charge < -0.3 is 10.8 Å². The third-order valence-corrected chi connectivity index (χ3v) is 2.71. The lowest BCUT2D eigenvalue weighted by Crippen LogP contribution is -2.26. The van der Waals surface area contributed by atoms with Gasteiger partial charge in [-0.05, 0) is 36.5 Å². The van der Waals surface area contributed by atoms with E-state index in [1.54, 1.807) is 12.1 Å². The molecule has 1 aromatic rings. The minimum atomic E-state index is -0.562. The van der Waals surface area contributed by atoms with Crippen LogP contribution in [0.15, 0.2) is 24.3 Å². The average molecular weight is 262 g/mol. The normalized spacial score (nSPS) is 14.2. The molecule has 2 atom stereocenters. The first-order valence-electron chi connectivity index (χ1n) is 5.70. The summed E-state index contributed by atoms with van der Waals surface area (Å²) < 4.78 is 12.7. The van der Waals surface area contributed by atoms with Crippen molar-refractivity contribution in [2.45, 2.75) is 38.8 Å². The van der Waals surface area contributed by atoms with E-state index in [2.05, 4.69) is 13.8 Å². The van der Waals surface area contributed by atoms with Crippen molar-refractivity contribution in [1.29, 1.82) is 0 Å². The molecule has 0 aliphatic rings. The standard InChI is InChI=1S/C13H20FNO.ClH/c1-9(2)3-8-12(16)13(15)10-4-6-11(14)7-5-10;/h4-7,9,12-13,16H,3,8,15H2,1-2H3;1H/t12-,13+;/m0./s1. The lowest BCUT2D eigenvalue weighted by Gasteiger charge is -2.20. The van der Waals surface area contributed by atoms with Crippen LogP contribution < -0.4 is 5.73 Å². The fourth-order valence-corrected chi connectivity index (χ4v) is 1.59. The SMILES string of the molecule is CC(C)CC[C@H](O)[C@H](N)c1ccc(F)cc1.Cl. The van der Waals surface area contributed by atoms with Crippen LogP contribution in [-0.4, -0.2) is 11.2 Å². The fraction of sp³-hybridized carbons (Fsp3) is 0.538. The van der Waals surface area contributed by atoms with E-state index in [1.807, 2.05) is 0 Å². The highest BCUT2D eigenvalue weighted by molar-refractivity contribution is 5.85. The van der Waals surface area contributed by atoms with E-state index < -0.39 is 12.1 Å². The van der Waals surface area contributed by atoms with Crippen molar-refractivity contribution in [2.75, 3.05) is 0 Å². The van der Waals surface area contributed by atoms with Crippen molar-refractivity contribution >= 4 is 12.4 Å². The second kappa shape index (κ2) is 7.64. The molecule has 98 valence electrons. The van der Waals surface area contributed by atoms with Crippen LogP contribution in [0.2, 0.25) is 0 Å². The zero-order chi connectivity index (χ0) is 12.1. The molecule has 0 amide bonds. The molecule has 17 heavy (non-hydrogen) atoms. The van der Waals surface area contributed by atoms with Crippen molar-refractivity contribution in [2.24, 2.45) is 11.7 Å². The number of hydrogen-bond acceptors (Lipinski definition) is 2. The van der Waals surface area contributed by atoms with Gasteiger partial charge in [-0.1, -0.05) is 26.0 Å². The molecular weight excluding hydrogens is 241 g/mol.